The summed E-state index contributed by atoms with van der Waals surface area (Å²) in [5.74, 6) is 0.681. The van der Waals surface area contributed by atoms with Gasteiger partial charge in [-0.25, -0.2) is 4.98 Å². The zero-order valence-electron chi connectivity index (χ0n) is 15.4. The van der Waals surface area contributed by atoms with E-state index < -0.39 is 0 Å². The molecule has 0 bridgehead atoms. The van der Waals surface area contributed by atoms with E-state index in [2.05, 4.69) is 10.3 Å². The summed E-state index contributed by atoms with van der Waals surface area (Å²) < 4.78 is 5.37. The van der Waals surface area contributed by atoms with Crippen molar-refractivity contribution in [2.24, 2.45) is 5.92 Å². The average Bonchev–Trinajstić information content (AvgIpc) is 3.12. The quantitative estimate of drug-likeness (QED) is 0.735. The van der Waals surface area contributed by atoms with Crippen molar-refractivity contribution >= 4 is 22.9 Å². The van der Waals surface area contributed by atoms with Gasteiger partial charge in [0.25, 0.3) is 0 Å². The second kappa shape index (κ2) is 7.48. The van der Waals surface area contributed by atoms with E-state index in [9.17, 15) is 4.79 Å². The number of anilines is 1. The summed E-state index contributed by atoms with van der Waals surface area (Å²) in [6.45, 7) is 2.00. The number of rotatable bonds is 4. The van der Waals surface area contributed by atoms with Crippen LogP contribution >= 0.6 is 11.3 Å². The van der Waals surface area contributed by atoms with E-state index in [1.54, 1.807) is 30.8 Å². The summed E-state index contributed by atoms with van der Waals surface area (Å²) in [6, 6.07) is 9.74. The molecule has 138 valence electrons. The van der Waals surface area contributed by atoms with Gasteiger partial charge in [0.1, 0.15) is 10.8 Å². The van der Waals surface area contributed by atoms with E-state index in [0.717, 1.165) is 46.8 Å². The van der Waals surface area contributed by atoms with Gasteiger partial charge in [-0.1, -0.05) is 6.07 Å². The first-order chi connectivity index (χ1) is 13.1. The number of fused-ring (bicyclic) bond motifs is 1. The molecule has 1 aliphatic rings. The Labute approximate surface area is 162 Å². The Bertz CT molecular complexity index is 969. The van der Waals surface area contributed by atoms with Gasteiger partial charge in [0.2, 0.25) is 5.91 Å². The number of methoxy groups -OCH3 is 1. The zero-order chi connectivity index (χ0) is 18.8. The molecule has 0 saturated heterocycles. The molecule has 1 unspecified atom stereocenters. The summed E-state index contributed by atoms with van der Waals surface area (Å²) >= 11 is 1.68. The van der Waals surface area contributed by atoms with Crippen molar-refractivity contribution in [2.45, 2.75) is 26.2 Å². The zero-order valence-corrected chi connectivity index (χ0v) is 16.2. The van der Waals surface area contributed by atoms with Crippen LogP contribution in [0.25, 0.3) is 10.6 Å². The van der Waals surface area contributed by atoms with E-state index >= 15 is 0 Å². The summed E-state index contributed by atoms with van der Waals surface area (Å²) in [5, 5.41) is 4.06. The Morgan fingerprint density at radius 2 is 2.07 bits per heavy atom. The largest absolute Gasteiger partial charge is 0.495 e. The van der Waals surface area contributed by atoms with Crippen LogP contribution in [0.1, 0.15) is 22.6 Å². The maximum Gasteiger partial charge on any atom is 0.227 e. The molecule has 3 aromatic rings. The Morgan fingerprint density at radius 3 is 2.85 bits per heavy atom. The number of carbonyl (C=O) groups excluding carboxylic acids is 1. The minimum atomic E-state index is -0.0477. The number of amides is 1. The second-order valence-corrected chi connectivity index (χ2v) is 7.84. The number of pyridine rings is 1. The molecular weight excluding hydrogens is 358 g/mol. The third-order valence-corrected chi connectivity index (χ3v) is 6.02. The molecule has 1 atom stereocenters. The highest BCUT2D eigenvalue weighted by atomic mass is 32.1. The van der Waals surface area contributed by atoms with Gasteiger partial charge < -0.3 is 10.1 Å². The maximum absolute atomic E-state index is 12.8. The van der Waals surface area contributed by atoms with Crippen LogP contribution < -0.4 is 10.1 Å². The maximum atomic E-state index is 12.8. The number of aromatic nitrogens is 2. The van der Waals surface area contributed by atoms with Crippen LogP contribution in [0.5, 0.6) is 5.75 Å². The predicted molar refractivity (Wildman–Crippen MR) is 107 cm³/mol. The van der Waals surface area contributed by atoms with Crippen molar-refractivity contribution in [3.8, 4) is 16.3 Å². The lowest BCUT2D eigenvalue weighted by Gasteiger charge is -2.21. The minimum absolute atomic E-state index is 0.0448. The summed E-state index contributed by atoms with van der Waals surface area (Å²) in [6.07, 6.45) is 5.94. The van der Waals surface area contributed by atoms with Gasteiger partial charge in [0.05, 0.1) is 18.5 Å². The summed E-state index contributed by atoms with van der Waals surface area (Å²) in [7, 11) is 1.62. The SMILES string of the molecule is COc1ccc(C)cc1NC(=O)C1CCc2nc(-c3ccncc3)sc2C1. The second-order valence-electron chi connectivity index (χ2n) is 6.76. The molecular formula is C21H21N3O2S. The highest BCUT2D eigenvalue weighted by molar-refractivity contribution is 7.15. The standard InChI is InChI=1S/C21H21N3O2S/c1-13-3-6-18(26-2)17(11-13)23-20(25)15-4-5-16-19(12-15)27-21(24-16)14-7-9-22-10-8-14/h3,6-11,15H,4-5,12H2,1-2H3,(H,23,25). The topological polar surface area (TPSA) is 64.1 Å². The summed E-state index contributed by atoms with van der Waals surface area (Å²) in [4.78, 5) is 22.9. The smallest absolute Gasteiger partial charge is 0.227 e. The number of nitrogens with zero attached hydrogens (tertiary/aromatic N) is 2. The van der Waals surface area contributed by atoms with Crippen molar-refractivity contribution in [3.05, 3.63) is 58.9 Å². The van der Waals surface area contributed by atoms with Crippen molar-refractivity contribution < 1.29 is 9.53 Å². The third-order valence-electron chi connectivity index (χ3n) is 4.85. The molecule has 27 heavy (non-hydrogen) atoms. The number of carbonyl (C=O) groups is 1. The number of hydrogen-bond acceptors (Lipinski definition) is 5. The van der Waals surface area contributed by atoms with Gasteiger partial charge >= 0.3 is 0 Å². The van der Waals surface area contributed by atoms with Crippen LogP contribution in [0.2, 0.25) is 0 Å². The molecule has 0 spiro atoms. The van der Waals surface area contributed by atoms with Crippen LogP contribution in [0, 0.1) is 12.8 Å². The molecule has 0 aliphatic heterocycles. The van der Waals surface area contributed by atoms with Crippen LogP contribution in [0.4, 0.5) is 5.69 Å². The van der Waals surface area contributed by atoms with Crippen molar-refractivity contribution in [1.82, 2.24) is 9.97 Å². The fourth-order valence-electron chi connectivity index (χ4n) is 3.37. The van der Waals surface area contributed by atoms with E-state index in [1.165, 1.54) is 4.88 Å². The molecule has 0 radical (unpaired) electrons. The number of thiazole rings is 1. The Balaban J connectivity index is 1.50. The molecule has 1 amide bonds. The van der Waals surface area contributed by atoms with Gasteiger partial charge in [-0.2, -0.15) is 0 Å². The van der Waals surface area contributed by atoms with Crippen LogP contribution in [-0.2, 0) is 17.6 Å². The fourth-order valence-corrected chi connectivity index (χ4v) is 4.56. The first-order valence-electron chi connectivity index (χ1n) is 8.98. The van der Waals surface area contributed by atoms with Gasteiger partial charge in [-0.15, -0.1) is 11.3 Å². The van der Waals surface area contributed by atoms with Gasteiger partial charge in [0, 0.05) is 28.8 Å². The van der Waals surface area contributed by atoms with Crippen LogP contribution in [0.3, 0.4) is 0 Å². The molecule has 2 aromatic heterocycles. The number of hydrogen-bond donors (Lipinski definition) is 1. The molecule has 5 nitrogen and oxygen atoms in total. The lowest BCUT2D eigenvalue weighted by molar-refractivity contribution is -0.120. The van der Waals surface area contributed by atoms with Gasteiger partial charge in [-0.3, -0.25) is 9.78 Å². The molecule has 4 rings (SSSR count). The Hall–Kier alpha value is -2.73. The van der Waals surface area contributed by atoms with Crippen LogP contribution in [0.15, 0.2) is 42.7 Å². The minimum Gasteiger partial charge on any atom is -0.495 e. The predicted octanol–water partition coefficient (Wildman–Crippen LogP) is 4.27. The number of ether oxygens (including phenoxy) is 1. The number of benzene rings is 1. The molecule has 0 fully saturated rings. The normalized spacial score (nSPS) is 15.9. The van der Waals surface area contributed by atoms with E-state index in [-0.39, 0.29) is 11.8 Å². The Kier molecular flexibility index (Phi) is 4.90. The Morgan fingerprint density at radius 1 is 1.26 bits per heavy atom. The molecule has 1 aliphatic carbocycles. The molecule has 1 aromatic carbocycles. The number of nitrogens with one attached hydrogen (secondary N) is 1. The number of aryl methyl sites for hydroxylation is 2. The van der Waals surface area contributed by atoms with E-state index in [1.807, 2.05) is 37.3 Å². The third kappa shape index (κ3) is 3.71. The molecule has 1 N–H and O–H groups in total. The fraction of sp³-hybridized carbons (Fsp3) is 0.286. The van der Waals surface area contributed by atoms with E-state index in [4.69, 9.17) is 9.72 Å². The molecule has 0 saturated carbocycles. The van der Waals surface area contributed by atoms with Crippen molar-refractivity contribution in [2.75, 3.05) is 12.4 Å². The molecule has 2 heterocycles. The lowest BCUT2D eigenvalue weighted by Crippen LogP contribution is -2.27. The first kappa shape index (κ1) is 17.7. The lowest BCUT2D eigenvalue weighted by atomic mass is 9.90. The van der Waals surface area contributed by atoms with Crippen molar-refractivity contribution in [3.63, 3.8) is 0 Å². The summed E-state index contributed by atoms with van der Waals surface area (Å²) in [5.41, 5.74) is 4.02. The van der Waals surface area contributed by atoms with Gasteiger partial charge in [0.15, 0.2) is 0 Å². The highest BCUT2D eigenvalue weighted by Crippen LogP contribution is 2.35. The van der Waals surface area contributed by atoms with Gasteiger partial charge in [-0.05, 0) is 56.0 Å². The monoisotopic (exact) mass is 379 g/mol. The molecule has 6 heteroatoms. The van der Waals surface area contributed by atoms with Crippen LogP contribution in [-0.4, -0.2) is 23.0 Å². The van der Waals surface area contributed by atoms with Crippen molar-refractivity contribution in [1.29, 1.82) is 0 Å². The first-order valence-corrected chi connectivity index (χ1v) is 9.80. The van der Waals surface area contributed by atoms with E-state index in [0.29, 0.717) is 5.75 Å². The average molecular weight is 379 g/mol. The highest BCUT2D eigenvalue weighted by Gasteiger charge is 2.28.